The molecular formula is C17H23N5O2. The fourth-order valence-electron chi connectivity index (χ4n) is 3.12. The van der Waals surface area contributed by atoms with Crippen molar-refractivity contribution in [1.29, 1.82) is 0 Å². The minimum atomic E-state index is -0.223. The van der Waals surface area contributed by atoms with Crippen LogP contribution in [0.15, 0.2) is 42.6 Å². The van der Waals surface area contributed by atoms with Gasteiger partial charge in [-0.25, -0.2) is 4.79 Å². The first-order valence-corrected chi connectivity index (χ1v) is 8.09. The van der Waals surface area contributed by atoms with Gasteiger partial charge in [0.2, 0.25) is 0 Å². The molecular weight excluding hydrogens is 306 g/mol. The lowest BCUT2D eigenvalue weighted by atomic mass is 9.94. The zero-order valence-corrected chi connectivity index (χ0v) is 13.7. The maximum atomic E-state index is 12.3. The zero-order chi connectivity index (χ0) is 16.8. The van der Waals surface area contributed by atoms with E-state index in [2.05, 4.69) is 37.9 Å². The van der Waals surface area contributed by atoms with Gasteiger partial charge in [-0.15, -0.1) is 0 Å². The Morgan fingerprint density at radius 2 is 2.17 bits per heavy atom. The Balaban J connectivity index is 1.66. The Labute approximate surface area is 141 Å². The van der Waals surface area contributed by atoms with Crippen molar-refractivity contribution in [1.82, 2.24) is 20.4 Å². The van der Waals surface area contributed by atoms with Crippen molar-refractivity contribution in [2.75, 3.05) is 38.7 Å². The van der Waals surface area contributed by atoms with Crippen LogP contribution >= 0.6 is 0 Å². The van der Waals surface area contributed by atoms with Crippen LogP contribution < -0.4 is 10.6 Å². The first kappa shape index (κ1) is 16.5. The van der Waals surface area contributed by atoms with Gasteiger partial charge in [0, 0.05) is 38.7 Å². The van der Waals surface area contributed by atoms with E-state index in [1.807, 2.05) is 18.2 Å². The molecule has 1 aliphatic heterocycles. The smallest absolute Gasteiger partial charge is 0.320 e. The first-order valence-electron chi connectivity index (χ1n) is 8.09. The van der Waals surface area contributed by atoms with Crippen LogP contribution in [-0.2, 0) is 4.74 Å². The summed E-state index contributed by atoms with van der Waals surface area (Å²) in [5.41, 5.74) is 1.24. The second kappa shape index (κ2) is 7.94. The van der Waals surface area contributed by atoms with Crippen LogP contribution in [-0.4, -0.2) is 60.5 Å². The third kappa shape index (κ3) is 4.12. The lowest BCUT2D eigenvalue weighted by Gasteiger charge is -2.20. The number of nitrogens with zero attached hydrogens (tertiary/aromatic N) is 2. The van der Waals surface area contributed by atoms with Gasteiger partial charge in [0.1, 0.15) is 5.82 Å². The number of methoxy groups -OCH3 is 1. The van der Waals surface area contributed by atoms with Gasteiger partial charge in [0.05, 0.1) is 18.8 Å². The van der Waals surface area contributed by atoms with E-state index in [1.165, 1.54) is 5.56 Å². The van der Waals surface area contributed by atoms with Gasteiger partial charge in [-0.3, -0.25) is 15.3 Å². The number of amides is 2. The summed E-state index contributed by atoms with van der Waals surface area (Å²) in [6, 6.07) is 11.9. The van der Waals surface area contributed by atoms with E-state index in [4.69, 9.17) is 4.74 Å². The molecule has 1 saturated heterocycles. The normalized spacial score (nSPS) is 20.9. The second-order valence-corrected chi connectivity index (χ2v) is 5.94. The molecule has 0 spiro atoms. The van der Waals surface area contributed by atoms with E-state index >= 15 is 0 Å². The Morgan fingerprint density at radius 1 is 1.33 bits per heavy atom. The van der Waals surface area contributed by atoms with Crippen molar-refractivity contribution in [3.63, 3.8) is 0 Å². The maximum Gasteiger partial charge on any atom is 0.320 e. The molecule has 7 nitrogen and oxygen atoms in total. The molecule has 0 aliphatic carbocycles. The SMILES string of the molecule is COCCN1C[C@@H](NC(=O)Nc2ccn[nH]2)[C@H](c2ccccc2)C1. The van der Waals surface area contributed by atoms with Gasteiger partial charge in [-0.2, -0.15) is 5.10 Å². The van der Waals surface area contributed by atoms with Crippen molar-refractivity contribution < 1.29 is 9.53 Å². The number of carbonyl (C=O) groups is 1. The van der Waals surface area contributed by atoms with Crippen LogP contribution in [0.2, 0.25) is 0 Å². The number of ether oxygens (including phenoxy) is 1. The summed E-state index contributed by atoms with van der Waals surface area (Å²) in [5, 5.41) is 12.4. The van der Waals surface area contributed by atoms with Gasteiger partial charge in [-0.1, -0.05) is 30.3 Å². The molecule has 0 radical (unpaired) electrons. The summed E-state index contributed by atoms with van der Waals surface area (Å²) in [7, 11) is 1.71. The van der Waals surface area contributed by atoms with Gasteiger partial charge in [0.25, 0.3) is 0 Å². The highest BCUT2D eigenvalue weighted by atomic mass is 16.5. The van der Waals surface area contributed by atoms with E-state index in [9.17, 15) is 4.79 Å². The topological polar surface area (TPSA) is 82.3 Å². The number of aromatic nitrogens is 2. The van der Waals surface area contributed by atoms with Crippen LogP contribution in [0.5, 0.6) is 0 Å². The quantitative estimate of drug-likeness (QED) is 0.752. The summed E-state index contributed by atoms with van der Waals surface area (Å²) in [6.45, 7) is 3.26. The summed E-state index contributed by atoms with van der Waals surface area (Å²) in [4.78, 5) is 14.6. The lowest BCUT2D eigenvalue weighted by molar-refractivity contribution is 0.159. The molecule has 3 N–H and O–H groups in total. The maximum absolute atomic E-state index is 12.3. The Hall–Kier alpha value is -2.38. The molecule has 128 valence electrons. The average Bonchev–Trinajstić information content (AvgIpc) is 3.23. The molecule has 0 bridgehead atoms. The van der Waals surface area contributed by atoms with Crippen molar-refractivity contribution in [2.45, 2.75) is 12.0 Å². The molecule has 2 amide bonds. The second-order valence-electron chi connectivity index (χ2n) is 5.94. The van der Waals surface area contributed by atoms with Crippen LogP contribution in [0.1, 0.15) is 11.5 Å². The number of aromatic amines is 1. The van der Waals surface area contributed by atoms with Crippen molar-refractivity contribution >= 4 is 11.8 Å². The van der Waals surface area contributed by atoms with Crippen LogP contribution in [0, 0.1) is 0 Å². The fraction of sp³-hybridized carbons (Fsp3) is 0.412. The van der Waals surface area contributed by atoms with Crippen molar-refractivity contribution in [3.05, 3.63) is 48.2 Å². The summed E-state index contributed by atoms with van der Waals surface area (Å²) < 4.78 is 5.18. The zero-order valence-electron chi connectivity index (χ0n) is 13.7. The molecule has 2 aromatic rings. The van der Waals surface area contributed by atoms with Crippen molar-refractivity contribution in [2.24, 2.45) is 0 Å². The molecule has 0 unspecified atom stereocenters. The lowest BCUT2D eigenvalue weighted by Crippen LogP contribution is -2.42. The first-order chi connectivity index (χ1) is 11.8. The molecule has 24 heavy (non-hydrogen) atoms. The molecule has 1 aromatic carbocycles. The van der Waals surface area contributed by atoms with E-state index in [-0.39, 0.29) is 18.0 Å². The average molecular weight is 329 g/mol. The molecule has 3 rings (SSSR count). The number of nitrogens with one attached hydrogen (secondary N) is 3. The van der Waals surface area contributed by atoms with Gasteiger partial charge < -0.3 is 10.1 Å². The molecule has 2 heterocycles. The molecule has 2 atom stereocenters. The van der Waals surface area contributed by atoms with Gasteiger partial charge >= 0.3 is 6.03 Å². The standard InChI is InChI=1S/C17H23N5O2/c1-24-10-9-22-11-14(13-5-3-2-4-6-13)15(12-22)19-17(23)20-16-7-8-18-21-16/h2-8,14-15H,9-12H2,1H3,(H3,18,19,20,21,23)/t14-,15+/m0/s1. The molecule has 1 aromatic heterocycles. The van der Waals surface area contributed by atoms with E-state index in [0.717, 1.165) is 19.6 Å². The minimum Gasteiger partial charge on any atom is -0.383 e. The number of likely N-dealkylation sites (tertiary alicyclic amines) is 1. The highest BCUT2D eigenvalue weighted by Crippen LogP contribution is 2.27. The monoisotopic (exact) mass is 329 g/mol. The Morgan fingerprint density at radius 3 is 2.88 bits per heavy atom. The van der Waals surface area contributed by atoms with E-state index in [0.29, 0.717) is 12.4 Å². The summed E-state index contributed by atoms with van der Waals surface area (Å²) in [6.07, 6.45) is 1.60. The van der Waals surface area contributed by atoms with Crippen LogP contribution in [0.4, 0.5) is 10.6 Å². The minimum absolute atomic E-state index is 0.0483. The molecule has 1 fully saturated rings. The number of rotatable bonds is 6. The van der Waals surface area contributed by atoms with E-state index in [1.54, 1.807) is 19.4 Å². The molecule has 0 saturated carbocycles. The number of carbonyl (C=O) groups excluding carboxylic acids is 1. The van der Waals surface area contributed by atoms with Crippen LogP contribution in [0.25, 0.3) is 0 Å². The highest BCUT2D eigenvalue weighted by Gasteiger charge is 2.34. The van der Waals surface area contributed by atoms with Gasteiger partial charge in [-0.05, 0) is 5.56 Å². The highest BCUT2D eigenvalue weighted by molar-refractivity contribution is 5.88. The van der Waals surface area contributed by atoms with Crippen LogP contribution in [0.3, 0.4) is 0 Å². The number of urea groups is 1. The fourth-order valence-corrected chi connectivity index (χ4v) is 3.12. The summed E-state index contributed by atoms with van der Waals surface area (Å²) >= 11 is 0. The third-order valence-corrected chi connectivity index (χ3v) is 4.30. The Kier molecular flexibility index (Phi) is 5.45. The predicted molar refractivity (Wildman–Crippen MR) is 92.0 cm³/mol. The number of H-pyrrole nitrogens is 1. The third-order valence-electron chi connectivity index (χ3n) is 4.30. The molecule has 1 aliphatic rings. The number of hydrogen-bond donors (Lipinski definition) is 3. The Bertz CT molecular complexity index is 632. The number of hydrogen-bond acceptors (Lipinski definition) is 4. The van der Waals surface area contributed by atoms with Crippen molar-refractivity contribution in [3.8, 4) is 0 Å². The summed E-state index contributed by atoms with van der Waals surface area (Å²) in [5.74, 6) is 0.841. The molecule has 7 heteroatoms. The number of anilines is 1. The predicted octanol–water partition coefficient (Wildman–Crippen LogP) is 1.65. The van der Waals surface area contributed by atoms with Gasteiger partial charge in [0.15, 0.2) is 0 Å². The van der Waals surface area contributed by atoms with E-state index < -0.39 is 0 Å². The largest absolute Gasteiger partial charge is 0.383 e. The number of benzene rings is 1.